The molecule has 96 heavy (non-hydrogen) atoms. The van der Waals surface area contributed by atoms with Crippen LogP contribution in [0.1, 0.15) is 389 Å². The molecule has 0 bridgehead atoms. The molecule has 0 heterocycles. The molecule has 0 aliphatic rings. The Morgan fingerprint density at radius 3 is 0.740 bits per heavy atom. The smallest absolute Gasteiger partial charge is 0.462 e. The lowest BCUT2D eigenvalue weighted by atomic mass is 9.99. The van der Waals surface area contributed by atoms with Crippen LogP contribution in [0.5, 0.6) is 0 Å². The number of phosphoric acid groups is 2. The maximum Gasteiger partial charge on any atom is 0.472 e. The molecule has 0 spiro atoms. The topological polar surface area (TPSA) is 237 Å². The molecule has 0 aliphatic carbocycles. The molecule has 6 atom stereocenters. The molecular formula is C77H150O17P2. The molecule has 0 rings (SSSR count). The van der Waals surface area contributed by atoms with E-state index in [1.165, 1.54) is 186 Å². The summed E-state index contributed by atoms with van der Waals surface area (Å²) < 4.78 is 68.5. The zero-order chi connectivity index (χ0) is 71.0. The number of hydrogen-bond donors (Lipinski definition) is 3. The molecule has 0 saturated heterocycles. The quantitative estimate of drug-likeness (QED) is 0.0222. The van der Waals surface area contributed by atoms with Gasteiger partial charge in [-0.15, -0.1) is 0 Å². The van der Waals surface area contributed by atoms with Crippen LogP contribution in [0.25, 0.3) is 0 Å². The van der Waals surface area contributed by atoms with Gasteiger partial charge in [-0.05, 0) is 49.4 Å². The highest BCUT2D eigenvalue weighted by Crippen LogP contribution is 2.45. The van der Waals surface area contributed by atoms with Gasteiger partial charge in [0.1, 0.15) is 19.3 Å². The molecule has 17 nitrogen and oxygen atoms in total. The van der Waals surface area contributed by atoms with Crippen LogP contribution in [0, 0.1) is 23.7 Å². The molecule has 0 aliphatic heterocycles. The molecular weight excluding hydrogens is 1260 g/mol. The van der Waals surface area contributed by atoms with Gasteiger partial charge in [-0.1, -0.05) is 338 Å². The summed E-state index contributed by atoms with van der Waals surface area (Å²) in [6.45, 7) is 14.2. The summed E-state index contributed by atoms with van der Waals surface area (Å²) in [4.78, 5) is 72.8. The zero-order valence-electron chi connectivity index (χ0n) is 63.0. The van der Waals surface area contributed by atoms with Crippen molar-refractivity contribution in [2.24, 2.45) is 23.7 Å². The van der Waals surface area contributed by atoms with Crippen LogP contribution in [0.2, 0.25) is 0 Å². The van der Waals surface area contributed by atoms with Crippen LogP contribution in [-0.2, 0) is 65.4 Å². The van der Waals surface area contributed by atoms with Crippen LogP contribution in [0.15, 0.2) is 0 Å². The van der Waals surface area contributed by atoms with Crippen LogP contribution in [-0.4, -0.2) is 96.7 Å². The summed E-state index contributed by atoms with van der Waals surface area (Å²) >= 11 is 0. The first-order valence-corrected chi connectivity index (χ1v) is 42.7. The van der Waals surface area contributed by atoms with E-state index in [-0.39, 0.29) is 25.7 Å². The first kappa shape index (κ1) is 94.1. The van der Waals surface area contributed by atoms with Crippen LogP contribution in [0.3, 0.4) is 0 Å². The van der Waals surface area contributed by atoms with E-state index in [2.05, 4.69) is 55.4 Å². The number of aliphatic hydroxyl groups excluding tert-OH is 1. The maximum atomic E-state index is 13.1. The van der Waals surface area contributed by atoms with E-state index in [0.717, 1.165) is 114 Å². The number of aliphatic hydroxyl groups is 1. The van der Waals surface area contributed by atoms with Crippen molar-refractivity contribution in [2.75, 3.05) is 39.6 Å². The first-order chi connectivity index (χ1) is 46.1. The highest BCUT2D eigenvalue weighted by molar-refractivity contribution is 7.47. The minimum atomic E-state index is -4.96. The standard InChI is InChI=1S/C77H150O17P2/c1-9-70(8)56-48-40-32-23-18-16-14-12-10-11-13-15-17-19-25-34-43-51-59-76(81)93-73(64-88-75(80)58-50-42-36-28-31-39-47-55-69(6)7)66-92-96(85,86)90-62-71(78)61-89-95(83,84)91-65-72(94-77(82)60-52-44-35-27-26-30-38-46-54-68(4)5)63-87-74(79)57-49-41-33-24-21-20-22-29-37-45-53-67(2)3/h67-73,78H,9-66H2,1-8H3,(H,83,84)(H,85,86)/t70?,71?,72-,73-/m1/s1. The Balaban J connectivity index is 5.17. The molecule has 4 unspecified atom stereocenters. The maximum absolute atomic E-state index is 13.1. The number of ether oxygens (including phenoxy) is 4. The summed E-state index contributed by atoms with van der Waals surface area (Å²) in [6, 6.07) is 0. The number of hydrogen-bond acceptors (Lipinski definition) is 15. The van der Waals surface area contributed by atoms with Gasteiger partial charge in [0.25, 0.3) is 0 Å². The summed E-state index contributed by atoms with van der Waals surface area (Å²) in [7, 11) is -9.91. The minimum Gasteiger partial charge on any atom is -0.462 e. The summed E-state index contributed by atoms with van der Waals surface area (Å²) in [6.07, 6.45) is 51.6. The fraction of sp³-hybridized carbons (Fsp3) is 0.948. The van der Waals surface area contributed by atoms with Crippen LogP contribution < -0.4 is 0 Å². The van der Waals surface area contributed by atoms with Gasteiger partial charge in [0.05, 0.1) is 26.4 Å². The van der Waals surface area contributed by atoms with E-state index in [1.54, 1.807) is 0 Å². The SMILES string of the molecule is CCC(C)CCCCCCCCCCCCCCCCCCCCC(=O)O[C@H](COC(=O)CCCCCCCCCC(C)C)COP(=O)(O)OCC(O)COP(=O)(O)OC[C@@H](COC(=O)CCCCCCCCCCCCC(C)C)OC(=O)CCCCCCCCCCC(C)C. The van der Waals surface area contributed by atoms with Crippen molar-refractivity contribution >= 4 is 39.5 Å². The molecule has 19 heteroatoms. The van der Waals surface area contributed by atoms with Crippen molar-refractivity contribution < 1.29 is 80.2 Å². The number of carbonyl (C=O) groups is 4. The Kier molecular flexibility index (Phi) is 65.0. The summed E-state index contributed by atoms with van der Waals surface area (Å²) in [5, 5.41) is 10.6. The van der Waals surface area contributed by atoms with Crippen molar-refractivity contribution in [3.63, 3.8) is 0 Å². The molecule has 0 fully saturated rings. The lowest BCUT2D eigenvalue weighted by molar-refractivity contribution is -0.161. The third kappa shape index (κ3) is 69.2. The van der Waals surface area contributed by atoms with Crippen molar-refractivity contribution in [3.8, 4) is 0 Å². The average Bonchev–Trinajstić information content (AvgIpc) is 1.68. The molecule has 0 aromatic rings. The summed E-state index contributed by atoms with van der Waals surface area (Å²) in [5.74, 6) is 0.929. The number of phosphoric ester groups is 2. The van der Waals surface area contributed by atoms with Gasteiger partial charge >= 0.3 is 39.5 Å². The van der Waals surface area contributed by atoms with Gasteiger partial charge < -0.3 is 33.8 Å². The predicted molar refractivity (Wildman–Crippen MR) is 391 cm³/mol. The lowest BCUT2D eigenvalue weighted by Crippen LogP contribution is -2.30. The van der Waals surface area contributed by atoms with E-state index in [9.17, 15) is 43.2 Å². The Morgan fingerprint density at radius 2 is 0.500 bits per heavy atom. The predicted octanol–water partition coefficient (Wildman–Crippen LogP) is 22.4. The van der Waals surface area contributed by atoms with E-state index in [0.29, 0.717) is 31.6 Å². The van der Waals surface area contributed by atoms with Gasteiger partial charge in [-0.2, -0.15) is 0 Å². The van der Waals surface area contributed by atoms with Crippen molar-refractivity contribution in [3.05, 3.63) is 0 Å². The molecule has 0 radical (unpaired) electrons. The van der Waals surface area contributed by atoms with Crippen LogP contribution in [0.4, 0.5) is 0 Å². The third-order valence-corrected chi connectivity index (χ3v) is 20.1. The fourth-order valence-corrected chi connectivity index (χ4v) is 13.3. The molecule has 570 valence electrons. The molecule has 0 aromatic heterocycles. The monoisotopic (exact) mass is 1410 g/mol. The van der Waals surface area contributed by atoms with E-state index in [4.69, 9.17) is 37.0 Å². The first-order valence-electron chi connectivity index (χ1n) is 39.7. The van der Waals surface area contributed by atoms with E-state index in [1.807, 2.05) is 0 Å². The van der Waals surface area contributed by atoms with Crippen molar-refractivity contribution in [2.45, 2.75) is 408 Å². The molecule has 3 N–H and O–H groups in total. The molecule has 0 saturated carbocycles. The number of carbonyl (C=O) groups excluding carboxylic acids is 4. The number of esters is 4. The zero-order valence-corrected chi connectivity index (χ0v) is 64.8. The fourth-order valence-electron chi connectivity index (χ4n) is 11.7. The van der Waals surface area contributed by atoms with Gasteiger partial charge in [0.2, 0.25) is 0 Å². The lowest BCUT2D eigenvalue weighted by Gasteiger charge is -2.21. The summed E-state index contributed by atoms with van der Waals surface area (Å²) in [5.41, 5.74) is 0. The van der Waals surface area contributed by atoms with E-state index < -0.39 is 97.5 Å². The number of rotatable bonds is 74. The normalized spacial score (nSPS) is 14.4. The second-order valence-corrected chi connectivity index (χ2v) is 32.3. The van der Waals surface area contributed by atoms with Crippen molar-refractivity contribution in [1.82, 2.24) is 0 Å². The molecule has 0 aromatic carbocycles. The van der Waals surface area contributed by atoms with Crippen LogP contribution >= 0.6 is 15.6 Å². The van der Waals surface area contributed by atoms with Gasteiger partial charge in [-0.3, -0.25) is 37.3 Å². The number of unbranched alkanes of at least 4 members (excludes halogenated alkanes) is 39. The van der Waals surface area contributed by atoms with Gasteiger partial charge in [0.15, 0.2) is 12.2 Å². The third-order valence-electron chi connectivity index (χ3n) is 18.2. The Labute approximate surface area is 588 Å². The van der Waals surface area contributed by atoms with Gasteiger partial charge in [-0.25, -0.2) is 9.13 Å². The largest absolute Gasteiger partial charge is 0.472 e. The second kappa shape index (κ2) is 66.3. The van der Waals surface area contributed by atoms with Gasteiger partial charge in [0, 0.05) is 25.7 Å². The highest BCUT2D eigenvalue weighted by Gasteiger charge is 2.30. The van der Waals surface area contributed by atoms with Crippen molar-refractivity contribution in [1.29, 1.82) is 0 Å². The second-order valence-electron chi connectivity index (χ2n) is 29.4. The Morgan fingerprint density at radius 1 is 0.292 bits per heavy atom. The van der Waals surface area contributed by atoms with E-state index >= 15 is 0 Å². The molecule has 0 amide bonds. The average molecular weight is 1410 g/mol. The highest BCUT2D eigenvalue weighted by atomic mass is 31.2. The Bertz CT molecular complexity index is 1890. The Hall–Kier alpha value is -1.94. The minimum absolute atomic E-state index is 0.104.